The number of hydrogen-bond donors (Lipinski definition) is 0. The first kappa shape index (κ1) is 142. The molecule has 0 N–H and O–H groups in total. The van der Waals surface area contributed by atoms with Crippen LogP contribution in [0.3, 0.4) is 0 Å². The third-order valence-electron chi connectivity index (χ3n) is 11.7. The summed E-state index contributed by atoms with van der Waals surface area (Å²) in [5, 5.41) is 20.2. The predicted octanol–water partition coefficient (Wildman–Crippen LogP) is 48.6. The number of thiazole rings is 2. The fraction of sp³-hybridized carbons (Fsp3) is 0.603. The topological polar surface area (TPSA) is 91.5 Å². The van der Waals surface area contributed by atoms with E-state index in [-0.39, 0.29) is 21.7 Å². The number of aromatic nitrogens is 2. The van der Waals surface area contributed by atoms with Gasteiger partial charge in [-0.3, -0.25) is 0 Å². The smallest absolute Gasteiger partial charge is 0.176 e. The zero-order valence-electron chi connectivity index (χ0n) is 101. The lowest BCUT2D eigenvalue weighted by Gasteiger charge is -2.24. The summed E-state index contributed by atoms with van der Waals surface area (Å²) in [6, 6.07) is 43.2. The van der Waals surface area contributed by atoms with Gasteiger partial charge >= 0.3 is 0 Å². The first-order chi connectivity index (χ1) is 62.2. The zero-order chi connectivity index (χ0) is 111. The minimum Gasteiger partial charge on any atom is -0.473 e. The van der Waals surface area contributed by atoms with Crippen LogP contribution in [0.15, 0.2) is 213 Å². The van der Waals surface area contributed by atoms with Gasteiger partial charge in [0.1, 0.15) is 15.8 Å². The number of furan rings is 5. The van der Waals surface area contributed by atoms with Crippen LogP contribution in [0.5, 0.6) is 0 Å². The van der Waals surface area contributed by atoms with Crippen LogP contribution >= 0.6 is 79.4 Å². The molecule has 0 aliphatic rings. The van der Waals surface area contributed by atoms with Crippen molar-refractivity contribution in [2.75, 3.05) is 0 Å². The Morgan fingerprint density at radius 2 is 0.436 bits per heavy atom. The number of thiophene rings is 5. The van der Waals surface area contributed by atoms with Crippen LogP contribution in [-0.2, 0) is 21.7 Å². The second-order valence-corrected chi connectivity index (χ2v) is 65.0. The molecule has 0 radical (unpaired) electrons. The molecule has 3 aromatic carbocycles. The van der Waals surface area contributed by atoms with E-state index in [1.54, 1.807) is 123 Å². The second-order valence-electron chi connectivity index (χ2n) is 58.4. The summed E-state index contributed by atoms with van der Waals surface area (Å²) >= 11 is 12.4. The quantitative estimate of drug-likeness (QED) is 0.140. The van der Waals surface area contributed by atoms with Crippen LogP contribution in [0.4, 0.5) is 0 Å². The summed E-state index contributed by atoms with van der Waals surface area (Å²) in [5.74, 6) is 1.04. The van der Waals surface area contributed by atoms with E-state index in [1.165, 1.54) is 55.9 Å². The van der Waals surface area contributed by atoms with Crippen LogP contribution < -0.4 is 0 Å². The highest BCUT2D eigenvalue weighted by molar-refractivity contribution is 7.27. The lowest BCUT2D eigenvalue weighted by Crippen LogP contribution is -2.20. The van der Waals surface area contributed by atoms with E-state index in [9.17, 15) is 0 Å². The molecule has 15 rings (SSSR count). The van der Waals surface area contributed by atoms with Gasteiger partial charge in [0.05, 0.1) is 31.3 Å². The molecular formula is C126H212N2O5S7. The van der Waals surface area contributed by atoms with Crippen LogP contribution in [-0.4, -0.2) is 9.97 Å². The van der Waals surface area contributed by atoms with Crippen molar-refractivity contribution >= 4 is 152 Å². The summed E-state index contributed by atoms with van der Waals surface area (Å²) in [4.78, 5) is 11.6. The normalized spacial score (nSPS) is 11.7. The van der Waals surface area contributed by atoms with Crippen molar-refractivity contribution in [3.8, 4) is 0 Å². The van der Waals surface area contributed by atoms with Crippen molar-refractivity contribution in [2.24, 2.45) is 65.0 Å². The van der Waals surface area contributed by atoms with Gasteiger partial charge in [-0.05, 0) is 173 Å². The fourth-order valence-corrected chi connectivity index (χ4v) is 14.0. The van der Waals surface area contributed by atoms with Gasteiger partial charge in [0, 0.05) is 58.8 Å². The van der Waals surface area contributed by atoms with Crippen molar-refractivity contribution in [1.29, 1.82) is 0 Å². The monoisotopic (exact) mass is 2060 g/mol. The first-order valence-corrected chi connectivity index (χ1v) is 56.1. The Hall–Kier alpha value is -6.36. The van der Waals surface area contributed by atoms with Gasteiger partial charge in [-0.1, -0.05) is 499 Å². The molecule has 0 atom stereocenters. The molecule has 0 fully saturated rings. The van der Waals surface area contributed by atoms with E-state index in [0.29, 0.717) is 65.0 Å². The summed E-state index contributed by atoms with van der Waals surface area (Å²) in [6.07, 6.45) is 8.15. The fourth-order valence-electron chi connectivity index (χ4n) is 7.74. The van der Waals surface area contributed by atoms with E-state index in [0.717, 1.165) is 37.8 Å². The molecule has 14 heteroatoms. The number of rotatable bonds is 0. The number of nitrogens with zero attached hydrogens (tertiary/aromatic N) is 2. The average molecular weight is 2060 g/mol. The van der Waals surface area contributed by atoms with E-state index < -0.39 is 0 Å². The third-order valence-corrected chi connectivity index (χ3v) is 19.0. The second kappa shape index (κ2) is 63.9. The lowest BCUT2D eigenvalue weighted by molar-refractivity contribution is 0.408. The van der Waals surface area contributed by atoms with E-state index in [2.05, 4.69) is 526 Å². The summed E-state index contributed by atoms with van der Waals surface area (Å²) < 4.78 is 31.7. The Kier molecular flexibility index (Phi) is 64.9. The Labute approximate surface area is 890 Å². The van der Waals surface area contributed by atoms with Gasteiger partial charge in [0.25, 0.3) is 0 Å². The molecule has 0 spiro atoms. The highest BCUT2D eigenvalue weighted by Crippen LogP contribution is 2.42. The zero-order valence-corrected chi connectivity index (χ0v) is 107. The van der Waals surface area contributed by atoms with Crippen molar-refractivity contribution in [3.63, 3.8) is 0 Å². The Morgan fingerprint density at radius 3 is 0.621 bits per heavy atom. The SMILES string of the molecule is CC(C)(C)C.CC(C)(C)C.CC(C)(C)C.CC(C)(C)C.CC(C)(C)C.CC(C)(C)C.CC(C)(C)C.CC(C)(C)C.CC(C)(C)C.CC(C)(C)C.CC(C)(C)C.CC(C)(C)C.CC(C)(C)c1nc2sc(C(C)(C)C)nc2s1.CC(C)(C)c1oc2ccoc2c1C(C)(C)C.c1cc2occc2o1.c1cc2sccc2s1.c1cc2sccc2s1.c1ccc2cc3ccccc3cc2c1.c1ccoc1.c1ccsc1. The Balaban J connectivity index is -0.000000466. The summed E-state index contributed by atoms with van der Waals surface area (Å²) in [7, 11) is 0. The molecule has 0 unspecified atom stereocenters. The van der Waals surface area contributed by atoms with E-state index >= 15 is 0 Å². The maximum Gasteiger partial charge on any atom is 0.176 e. The van der Waals surface area contributed by atoms with Crippen molar-refractivity contribution < 1.29 is 22.1 Å². The van der Waals surface area contributed by atoms with E-state index in [1.807, 2.05) is 41.1 Å². The molecule has 0 bridgehead atoms. The molecule has 140 heavy (non-hydrogen) atoms. The van der Waals surface area contributed by atoms with Gasteiger partial charge in [-0.25, -0.2) is 9.97 Å². The van der Waals surface area contributed by atoms with Crippen molar-refractivity contribution in [1.82, 2.24) is 9.97 Å². The summed E-state index contributed by atoms with van der Waals surface area (Å²) in [6.45, 7) is 131. The first-order valence-electron chi connectivity index (χ1n) is 50.1. The molecule has 7 nitrogen and oxygen atoms in total. The molecule has 0 aliphatic carbocycles. The van der Waals surface area contributed by atoms with Crippen LogP contribution in [0.2, 0.25) is 0 Å². The summed E-state index contributed by atoms with van der Waals surface area (Å²) in [5.41, 5.74) is 10.9. The molecular weight excluding hydrogens is 1850 g/mol. The van der Waals surface area contributed by atoms with Gasteiger partial charge in [-0.2, -0.15) is 11.3 Å². The average Bonchev–Trinajstić information content (AvgIpc) is 1.60. The molecule has 0 saturated carbocycles. The highest BCUT2D eigenvalue weighted by Gasteiger charge is 2.33. The minimum atomic E-state index is 0.00412. The highest BCUT2D eigenvalue weighted by atomic mass is 32.1. The number of hydrogen-bond acceptors (Lipinski definition) is 14. The van der Waals surface area contributed by atoms with Crippen molar-refractivity contribution in [2.45, 2.75) is 437 Å². The predicted molar refractivity (Wildman–Crippen MR) is 652 cm³/mol. The molecule has 798 valence electrons. The maximum absolute atomic E-state index is 5.94. The van der Waals surface area contributed by atoms with Crippen molar-refractivity contribution in [3.05, 3.63) is 212 Å². The standard InChI is InChI=1S/C14H20O2.C14H10.C12H18N2S2.C6H4O2.2C6H4S2.12C5H12.C4H4O.C4H4S/c1-13(2,3)10-11-9(7-8-15-11)16-12(10)14(4,5)6;1-2-6-12-10-14-8-4-3-7-13(14)9-11(12)5-1;1-11(2,3)9-13-7-8(15-9)14-10(16-7)12(4,5)6;3*1-3-7-6-2-4-8-5(1)6;12*1-5(2,3)4;2*1-2-4-5-3-1/h7-8H,1-6H3;1-10H;1-6H3;3*1-4H;12*1-4H3;2*1-4H. The molecule has 15 aromatic rings. The number of benzene rings is 3. The lowest BCUT2D eigenvalue weighted by atomic mass is 9.80. The van der Waals surface area contributed by atoms with Gasteiger partial charge in [0.15, 0.2) is 32.0 Å². The Morgan fingerprint density at radius 1 is 0.214 bits per heavy atom. The number of fused-ring (bicyclic) bond motifs is 7. The van der Waals surface area contributed by atoms with Gasteiger partial charge in [-0.15, -0.1) is 45.3 Å². The third kappa shape index (κ3) is 103. The largest absolute Gasteiger partial charge is 0.473 e. The molecule has 12 aromatic heterocycles. The van der Waals surface area contributed by atoms with Crippen LogP contribution in [0.25, 0.3) is 72.3 Å². The van der Waals surface area contributed by atoms with E-state index in [4.69, 9.17) is 27.6 Å². The minimum absolute atomic E-state index is 0.00412. The van der Waals surface area contributed by atoms with Crippen LogP contribution in [0, 0.1) is 65.0 Å². The molecule has 0 amide bonds. The Bertz CT molecular complexity index is 4580. The molecule has 12 heterocycles. The van der Waals surface area contributed by atoms with Gasteiger partial charge < -0.3 is 22.1 Å². The maximum atomic E-state index is 5.94. The van der Waals surface area contributed by atoms with Crippen LogP contribution in [0.1, 0.15) is 437 Å². The molecule has 0 aliphatic heterocycles. The molecule has 0 saturated heterocycles. The van der Waals surface area contributed by atoms with Gasteiger partial charge in [0.2, 0.25) is 0 Å².